The maximum Gasteiger partial charge on any atom is 0.325 e. The highest BCUT2D eigenvalue weighted by Crippen LogP contribution is 2.35. The van der Waals surface area contributed by atoms with E-state index in [4.69, 9.17) is 9.79 Å². The van der Waals surface area contributed by atoms with Crippen molar-refractivity contribution >= 4 is 7.60 Å². The van der Waals surface area contributed by atoms with Crippen LogP contribution in [0.3, 0.4) is 0 Å². The van der Waals surface area contributed by atoms with Gasteiger partial charge in [0.2, 0.25) is 0 Å². The summed E-state index contributed by atoms with van der Waals surface area (Å²) in [6.07, 6.45) is 3.80. The molecule has 0 radical (unpaired) electrons. The van der Waals surface area contributed by atoms with Gasteiger partial charge in [0, 0.05) is 6.16 Å². The fourth-order valence-corrected chi connectivity index (χ4v) is 1.38. The SMILES string of the molecule is CCCCCCP(=O)(O)O. The van der Waals surface area contributed by atoms with E-state index in [0.717, 1.165) is 19.3 Å². The van der Waals surface area contributed by atoms with Gasteiger partial charge in [0.25, 0.3) is 0 Å². The molecule has 0 aromatic carbocycles. The Kier molecular flexibility index (Phi) is 4.96. The molecule has 0 aliphatic rings. The van der Waals surface area contributed by atoms with E-state index in [1.165, 1.54) is 0 Å². The van der Waals surface area contributed by atoms with Crippen LogP contribution in [0.25, 0.3) is 0 Å². The summed E-state index contributed by atoms with van der Waals surface area (Å²) < 4.78 is 10.3. The van der Waals surface area contributed by atoms with Gasteiger partial charge in [0.15, 0.2) is 0 Å². The molecule has 0 aromatic rings. The van der Waals surface area contributed by atoms with E-state index < -0.39 is 7.60 Å². The molecule has 0 saturated carbocycles. The minimum atomic E-state index is -3.71. The smallest absolute Gasteiger partial charge is 0.324 e. The van der Waals surface area contributed by atoms with Crippen LogP contribution in [0.4, 0.5) is 0 Å². The van der Waals surface area contributed by atoms with Gasteiger partial charge in [-0.15, -0.1) is 0 Å². The fourth-order valence-electron chi connectivity index (χ4n) is 0.745. The summed E-state index contributed by atoms with van der Waals surface area (Å²) in [5.74, 6) is 0. The second kappa shape index (κ2) is 4.89. The molecule has 0 aliphatic carbocycles. The highest BCUT2D eigenvalue weighted by atomic mass is 31.2. The first-order valence-electron chi connectivity index (χ1n) is 3.61. The van der Waals surface area contributed by atoms with Gasteiger partial charge in [0.05, 0.1) is 0 Å². The van der Waals surface area contributed by atoms with Crippen LogP contribution in [0.1, 0.15) is 32.6 Å². The Labute approximate surface area is 61.6 Å². The zero-order valence-electron chi connectivity index (χ0n) is 6.29. The summed E-state index contributed by atoms with van der Waals surface area (Å²) in [5.41, 5.74) is 0. The van der Waals surface area contributed by atoms with Gasteiger partial charge in [-0.05, 0) is 6.42 Å². The summed E-state index contributed by atoms with van der Waals surface area (Å²) in [6.45, 7) is 2.07. The molecule has 0 spiro atoms. The molecule has 0 unspecified atom stereocenters. The Morgan fingerprint density at radius 2 is 1.80 bits per heavy atom. The van der Waals surface area contributed by atoms with Crippen LogP contribution in [0, 0.1) is 0 Å². The van der Waals surface area contributed by atoms with Crippen molar-refractivity contribution in [2.24, 2.45) is 0 Å². The van der Waals surface area contributed by atoms with Crippen LogP contribution in [-0.2, 0) is 4.57 Å². The van der Waals surface area contributed by atoms with Crippen LogP contribution in [0.5, 0.6) is 0 Å². The summed E-state index contributed by atoms with van der Waals surface area (Å²) in [7, 11) is -3.71. The summed E-state index contributed by atoms with van der Waals surface area (Å²) in [4.78, 5) is 16.9. The topological polar surface area (TPSA) is 57.5 Å². The molecule has 0 bridgehead atoms. The van der Waals surface area contributed by atoms with Crippen molar-refractivity contribution in [3.63, 3.8) is 0 Å². The predicted molar refractivity (Wildman–Crippen MR) is 41.1 cm³/mol. The molecular formula is C6H15O3P. The average molecular weight is 166 g/mol. The molecule has 62 valence electrons. The molecule has 10 heavy (non-hydrogen) atoms. The molecule has 0 saturated heterocycles. The van der Waals surface area contributed by atoms with E-state index in [9.17, 15) is 4.57 Å². The summed E-state index contributed by atoms with van der Waals surface area (Å²) in [5, 5.41) is 0. The average Bonchev–Trinajstić information content (AvgIpc) is 1.78. The lowest BCUT2D eigenvalue weighted by Crippen LogP contribution is -1.87. The number of rotatable bonds is 5. The molecule has 0 fully saturated rings. The van der Waals surface area contributed by atoms with Gasteiger partial charge >= 0.3 is 7.60 Å². The van der Waals surface area contributed by atoms with Gasteiger partial charge in [0.1, 0.15) is 0 Å². The molecule has 0 amide bonds. The lowest BCUT2D eigenvalue weighted by Gasteiger charge is -2.01. The lowest BCUT2D eigenvalue weighted by molar-refractivity contribution is 0.371. The van der Waals surface area contributed by atoms with E-state index in [2.05, 4.69) is 6.92 Å². The Morgan fingerprint density at radius 3 is 2.20 bits per heavy atom. The summed E-state index contributed by atoms with van der Waals surface area (Å²) >= 11 is 0. The Bertz CT molecular complexity index is 118. The van der Waals surface area contributed by atoms with Crippen molar-refractivity contribution < 1.29 is 14.4 Å². The van der Waals surface area contributed by atoms with Gasteiger partial charge in [-0.3, -0.25) is 4.57 Å². The largest absolute Gasteiger partial charge is 0.325 e. The first kappa shape index (κ1) is 10.2. The first-order chi connectivity index (χ1) is 4.56. The molecule has 3 nitrogen and oxygen atoms in total. The van der Waals surface area contributed by atoms with E-state index in [0.29, 0.717) is 6.42 Å². The van der Waals surface area contributed by atoms with Crippen LogP contribution >= 0.6 is 7.60 Å². The van der Waals surface area contributed by atoms with Crippen LogP contribution in [-0.4, -0.2) is 15.9 Å². The van der Waals surface area contributed by atoms with Crippen LogP contribution < -0.4 is 0 Å². The third-order valence-corrected chi connectivity index (χ3v) is 2.20. The quantitative estimate of drug-likeness (QED) is 0.483. The zero-order valence-corrected chi connectivity index (χ0v) is 7.18. The van der Waals surface area contributed by atoms with Gasteiger partial charge < -0.3 is 9.79 Å². The molecule has 0 atom stereocenters. The third kappa shape index (κ3) is 8.15. The Hall–Kier alpha value is 0.150. The number of unbranched alkanes of at least 4 members (excludes halogenated alkanes) is 3. The standard InChI is InChI=1S/C6H15O3P/c1-2-3-4-5-6-10(7,8)9/h2-6H2,1H3,(H2,7,8,9). The summed E-state index contributed by atoms with van der Waals surface area (Å²) in [6, 6.07) is 0. The lowest BCUT2D eigenvalue weighted by atomic mass is 10.2. The molecule has 2 N–H and O–H groups in total. The van der Waals surface area contributed by atoms with Gasteiger partial charge in [-0.1, -0.05) is 26.2 Å². The number of hydrogen-bond acceptors (Lipinski definition) is 1. The van der Waals surface area contributed by atoms with E-state index in [-0.39, 0.29) is 6.16 Å². The van der Waals surface area contributed by atoms with E-state index >= 15 is 0 Å². The zero-order chi connectivity index (χ0) is 8.04. The highest BCUT2D eigenvalue weighted by Gasteiger charge is 2.10. The van der Waals surface area contributed by atoms with Crippen LogP contribution in [0.2, 0.25) is 0 Å². The minimum Gasteiger partial charge on any atom is -0.324 e. The van der Waals surface area contributed by atoms with E-state index in [1.54, 1.807) is 0 Å². The first-order valence-corrected chi connectivity index (χ1v) is 5.40. The highest BCUT2D eigenvalue weighted by molar-refractivity contribution is 7.51. The fraction of sp³-hybridized carbons (Fsp3) is 1.00. The van der Waals surface area contributed by atoms with Gasteiger partial charge in [-0.2, -0.15) is 0 Å². The second-order valence-electron chi connectivity index (χ2n) is 2.45. The Balaban J connectivity index is 3.13. The minimum absolute atomic E-state index is 0.0486. The molecule has 0 aromatic heterocycles. The van der Waals surface area contributed by atoms with Crippen molar-refractivity contribution in [2.75, 3.05) is 6.16 Å². The van der Waals surface area contributed by atoms with E-state index in [1.807, 2.05) is 0 Å². The molecule has 4 heteroatoms. The van der Waals surface area contributed by atoms with Crippen LogP contribution in [0.15, 0.2) is 0 Å². The normalized spacial score (nSPS) is 11.9. The monoisotopic (exact) mass is 166 g/mol. The van der Waals surface area contributed by atoms with Crippen molar-refractivity contribution in [2.45, 2.75) is 32.6 Å². The number of hydrogen-bond donors (Lipinski definition) is 2. The second-order valence-corrected chi connectivity index (χ2v) is 4.23. The van der Waals surface area contributed by atoms with Crippen molar-refractivity contribution in [1.82, 2.24) is 0 Å². The van der Waals surface area contributed by atoms with Crippen molar-refractivity contribution in [3.8, 4) is 0 Å². The predicted octanol–water partition coefficient (Wildman–Crippen LogP) is 1.74. The van der Waals surface area contributed by atoms with Crippen molar-refractivity contribution in [3.05, 3.63) is 0 Å². The van der Waals surface area contributed by atoms with Gasteiger partial charge in [-0.25, -0.2) is 0 Å². The third-order valence-electron chi connectivity index (χ3n) is 1.30. The Morgan fingerprint density at radius 1 is 1.20 bits per heavy atom. The molecular weight excluding hydrogens is 151 g/mol. The molecule has 0 aliphatic heterocycles. The maximum atomic E-state index is 10.3. The molecule has 0 rings (SSSR count). The maximum absolute atomic E-state index is 10.3. The van der Waals surface area contributed by atoms with Crippen molar-refractivity contribution in [1.29, 1.82) is 0 Å². The molecule has 0 heterocycles.